The molecule has 2 aromatic carbocycles. The van der Waals surface area contributed by atoms with E-state index in [1.165, 1.54) is 18.2 Å². The highest BCUT2D eigenvalue weighted by molar-refractivity contribution is 7.90. The highest BCUT2D eigenvalue weighted by Gasteiger charge is 2.20. The largest absolute Gasteiger partial charge is 0.452 e. The third kappa shape index (κ3) is 4.09. The van der Waals surface area contributed by atoms with Crippen molar-refractivity contribution < 1.29 is 22.5 Å². The van der Waals surface area contributed by atoms with Gasteiger partial charge < -0.3 is 9.26 Å². The molecule has 0 aliphatic rings. The normalized spacial score (nSPS) is 11.3. The third-order valence-corrected chi connectivity index (χ3v) is 4.77. The van der Waals surface area contributed by atoms with Crippen LogP contribution in [0.3, 0.4) is 0 Å². The molecule has 0 aliphatic carbocycles. The highest BCUT2D eigenvalue weighted by atomic mass is 35.5. The van der Waals surface area contributed by atoms with Crippen molar-refractivity contribution in [1.82, 2.24) is 10.1 Å². The molecule has 0 aliphatic heterocycles. The van der Waals surface area contributed by atoms with Crippen LogP contribution in [0, 0.1) is 0 Å². The van der Waals surface area contributed by atoms with Crippen LogP contribution in [0.4, 0.5) is 0 Å². The maximum atomic E-state index is 12.2. The molecule has 1 heterocycles. The fourth-order valence-corrected chi connectivity index (χ4v) is 3.29. The maximum Gasteiger partial charge on any atom is 0.339 e. The minimum atomic E-state index is -3.56. The summed E-state index contributed by atoms with van der Waals surface area (Å²) in [5, 5.41) is 4.33. The Labute approximate surface area is 154 Å². The molecule has 0 saturated heterocycles. The highest BCUT2D eigenvalue weighted by Crippen LogP contribution is 2.21. The van der Waals surface area contributed by atoms with E-state index in [1.807, 2.05) is 0 Å². The van der Waals surface area contributed by atoms with Crippen LogP contribution in [0.1, 0.15) is 16.2 Å². The van der Waals surface area contributed by atoms with Crippen LogP contribution in [0.15, 0.2) is 57.9 Å². The number of ether oxygens (including phenoxy) is 1. The second-order valence-corrected chi connectivity index (χ2v) is 7.79. The van der Waals surface area contributed by atoms with Crippen molar-refractivity contribution in [3.63, 3.8) is 0 Å². The van der Waals surface area contributed by atoms with Gasteiger partial charge in [0.1, 0.15) is 0 Å². The number of benzene rings is 2. The number of esters is 1. The molecule has 0 N–H and O–H groups in total. The molecule has 7 nitrogen and oxygen atoms in total. The fourth-order valence-electron chi connectivity index (χ4n) is 2.22. The average molecular weight is 393 g/mol. The Balaban J connectivity index is 1.74. The molecular formula is C17H13ClN2O5S. The monoisotopic (exact) mass is 392 g/mol. The number of hydrogen-bond donors (Lipinski definition) is 0. The van der Waals surface area contributed by atoms with Gasteiger partial charge in [-0.05, 0) is 24.3 Å². The number of nitrogens with zero attached hydrogens (tertiary/aromatic N) is 2. The van der Waals surface area contributed by atoms with Crippen molar-refractivity contribution in [1.29, 1.82) is 0 Å². The summed E-state index contributed by atoms with van der Waals surface area (Å²) in [6.07, 6.45) is 1.02. The third-order valence-electron chi connectivity index (χ3n) is 3.38. The fraction of sp³-hybridized carbons (Fsp3) is 0.118. The minimum absolute atomic E-state index is 0.0513. The number of hydrogen-bond acceptors (Lipinski definition) is 7. The summed E-state index contributed by atoms with van der Waals surface area (Å²) in [6.45, 7) is -0.287. The SMILES string of the molecule is CS(=O)(=O)c1ccccc1C(=O)OCc1nc(-c2cccc(Cl)c2)no1. The van der Waals surface area contributed by atoms with Crippen molar-refractivity contribution in [2.45, 2.75) is 11.5 Å². The second kappa shape index (κ2) is 7.27. The van der Waals surface area contributed by atoms with Gasteiger partial charge in [0.05, 0.1) is 10.5 Å². The van der Waals surface area contributed by atoms with E-state index in [9.17, 15) is 13.2 Å². The zero-order chi connectivity index (χ0) is 18.7. The van der Waals surface area contributed by atoms with Crippen molar-refractivity contribution in [2.24, 2.45) is 0 Å². The quantitative estimate of drug-likeness (QED) is 0.615. The van der Waals surface area contributed by atoms with Crippen LogP contribution in [0.25, 0.3) is 11.4 Å². The standard InChI is InChI=1S/C17H13ClN2O5S/c1-26(22,23)14-8-3-2-7-13(14)17(21)24-10-15-19-16(20-25-15)11-5-4-6-12(18)9-11/h2-9H,10H2,1H3. The van der Waals surface area contributed by atoms with Gasteiger partial charge in [-0.25, -0.2) is 13.2 Å². The number of rotatable bonds is 5. The zero-order valence-electron chi connectivity index (χ0n) is 13.5. The van der Waals surface area contributed by atoms with E-state index in [4.69, 9.17) is 20.9 Å². The van der Waals surface area contributed by atoms with Crippen LogP contribution >= 0.6 is 11.6 Å². The van der Waals surface area contributed by atoms with Gasteiger partial charge in [-0.15, -0.1) is 0 Å². The van der Waals surface area contributed by atoms with Crippen molar-refractivity contribution in [3.05, 3.63) is 65.0 Å². The molecule has 0 unspecified atom stereocenters. The first-order valence-electron chi connectivity index (χ1n) is 7.39. The minimum Gasteiger partial charge on any atom is -0.452 e. The zero-order valence-corrected chi connectivity index (χ0v) is 15.1. The van der Waals surface area contributed by atoms with Gasteiger partial charge in [0.2, 0.25) is 5.82 Å². The van der Waals surface area contributed by atoms with Crippen LogP contribution in [0.2, 0.25) is 5.02 Å². The molecule has 0 amide bonds. The number of aromatic nitrogens is 2. The van der Waals surface area contributed by atoms with E-state index in [2.05, 4.69) is 10.1 Å². The van der Waals surface area contributed by atoms with Crippen LogP contribution in [-0.4, -0.2) is 30.8 Å². The Morgan fingerprint density at radius 2 is 1.96 bits per heavy atom. The molecule has 0 fully saturated rings. The van der Waals surface area contributed by atoms with Gasteiger partial charge in [-0.3, -0.25) is 0 Å². The van der Waals surface area contributed by atoms with Gasteiger partial charge in [-0.2, -0.15) is 4.98 Å². The lowest BCUT2D eigenvalue weighted by Crippen LogP contribution is -2.11. The Morgan fingerprint density at radius 3 is 2.69 bits per heavy atom. The Hall–Kier alpha value is -2.71. The van der Waals surface area contributed by atoms with Crippen molar-refractivity contribution in [3.8, 4) is 11.4 Å². The molecule has 1 aromatic heterocycles. The molecule has 26 heavy (non-hydrogen) atoms. The van der Waals surface area contributed by atoms with Gasteiger partial charge in [0.25, 0.3) is 5.89 Å². The summed E-state index contributed by atoms with van der Waals surface area (Å²) in [4.78, 5) is 16.2. The second-order valence-electron chi connectivity index (χ2n) is 5.37. The summed E-state index contributed by atoms with van der Waals surface area (Å²) >= 11 is 5.92. The Kier molecular flexibility index (Phi) is 5.06. The van der Waals surface area contributed by atoms with Gasteiger partial charge in [0, 0.05) is 16.8 Å². The summed E-state index contributed by atoms with van der Waals surface area (Å²) in [5.74, 6) is -0.422. The predicted molar refractivity (Wildman–Crippen MR) is 93.4 cm³/mol. The molecule has 3 rings (SSSR count). The number of carbonyl (C=O) groups excluding carboxylic acids is 1. The van der Waals surface area contributed by atoms with Gasteiger partial charge in [-0.1, -0.05) is 41.0 Å². The van der Waals surface area contributed by atoms with Crippen LogP contribution in [0.5, 0.6) is 0 Å². The lowest BCUT2D eigenvalue weighted by atomic mass is 10.2. The average Bonchev–Trinajstić information content (AvgIpc) is 3.08. The molecule has 9 heteroatoms. The maximum absolute atomic E-state index is 12.2. The number of carbonyl (C=O) groups is 1. The summed E-state index contributed by atoms with van der Waals surface area (Å²) in [5.41, 5.74) is 0.603. The molecule has 0 radical (unpaired) electrons. The van der Waals surface area contributed by atoms with Gasteiger partial charge >= 0.3 is 5.97 Å². The van der Waals surface area contributed by atoms with Crippen molar-refractivity contribution >= 4 is 27.4 Å². The Bertz CT molecular complexity index is 1060. The summed E-state index contributed by atoms with van der Waals surface area (Å²) < 4.78 is 33.7. The number of halogens is 1. The molecule has 0 bridgehead atoms. The van der Waals surface area contributed by atoms with Crippen LogP contribution in [-0.2, 0) is 21.2 Å². The van der Waals surface area contributed by atoms with E-state index >= 15 is 0 Å². The molecule has 134 valence electrons. The molecular weight excluding hydrogens is 380 g/mol. The smallest absolute Gasteiger partial charge is 0.339 e. The number of sulfone groups is 1. The predicted octanol–water partition coefficient (Wildman–Crippen LogP) is 3.15. The summed E-state index contributed by atoms with van der Waals surface area (Å²) in [7, 11) is -3.56. The molecule has 3 aromatic rings. The van der Waals surface area contributed by atoms with E-state index in [0.29, 0.717) is 16.4 Å². The van der Waals surface area contributed by atoms with E-state index in [0.717, 1.165) is 6.26 Å². The topological polar surface area (TPSA) is 99.4 Å². The van der Waals surface area contributed by atoms with E-state index < -0.39 is 15.8 Å². The van der Waals surface area contributed by atoms with E-state index in [1.54, 1.807) is 30.3 Å². The molecule has 0 saturated carbocycles. The lowest BCUT2D eigenvalue weighted by Gasteiger charge is -2.06. The van der Waals surface area contributed by atoms with Gasteiger partial charge in [0.15, 0.2) is 16.4 Å². The van der Waals surface area contributed by atoms with Crippen molar-refractivity contribution in [2.75, 3.05) is 6.26 Å². The first-order valence-corrected chi connectivity index (χ1v) is 9.66. The van der Waals surface area contributed by atoms with Crippen LogP contribution < -0.4 is 0 Å². The summed E-state index contributed by atoms with van der Waals surface area (Å²) in [6, 6.07) is 12.7. The van der Waals surface area contributed by atoms with E-state index in [-0.39, 0.29) is 23.0 Å². The molecule has 0 spiro atoms. The lowest BCUT2D eigenvalue weighted by molar-refractivity contribution is 0.0425. The molecule has 0 atom stereocenters. The first-order chi connectivity index (χ1) is 12.3. The Morgan fingerprint density at radius 1 is 1.19 bits per heavy atom. The first kappa shape index (κ1) is 18.1.